The van der Waals surface area contributed by atoms with Crippen molar-refractivity contribution in [3.8, 4) is 5.75 Å². The van der Waals surface area contributed by atoms with Crippen LogP contribution in [-0.2, 0) is 0 Å². The van der Waals surface area contributed by atoms with Crippen LogP contribution in [0.4, 0.5) is 8.78 Å². The summed E-state index contributed by atoms with van der Waals surface area (Å²) in [6.07, 6.45) is 0.925. The third kappa shape index (κ3) is 8.38. The van der Waals surface area contributed by atoms with Crippen molar-refractivity contribution in [2.24, 2.45) is 0 Å². The average Bonchev–Trinajstić information content (AvgIpc) is 2.87. The van der Waals surface area contributed by atoms with Crippen LogP contribution in [0.3, 0.4) is 0 Å². The summed E-state index contributed by atoms with van der Waals surface area (Å²) in [5.41, 5.74) is 1.21. The topological polar surface area (TPSA) is 22.2 Å². The van der Waals surface area contributed by atoms with E-state index in [2.05, 4.69) is 33.4 Å². The van der Waals surface area contributed by atoms with E-state index in [0.717, 1.165) is 71.9 Å². The van der Waals surface area contributed by atoms with Crippen LogP contribution < -0.4 is 4.74 Å². The van der Waals surface area contributed by atoms with Crippen molar-refractivity contribution in [2.45, 2.75) is 32.4 Å². The number of piperazine rings is 2. The van der Waals surface area contributed by atoms with Gasteiger partial charge in [-0.1, -0.05) is 18.2 Å². The van der Waals surface area contributed by atoms with E-state index in [1.54, 1.807) is 24.3 Å². The van der Waals surface area contributed by atoms with Gasteiger partial charge in [-0.05, 0) is 50.1 Å². The van der Waals surface area contributed by atoms with E-state index in [0.29, 0.717) is 18.4 Å². The lowest BCUT2D eigenvalue weighted by molar-refractivity contribution is 0.0476. The van der Waals surface area contributed by atoms with Gasteiger partial charge in [-0.15, -0.1) is 12.4 Å². The maximum atomic E-state index is 13.6. The average molecular weight is 523 g/mol. The number of hydrogen-bond donors (Lipinski definition) is 0. The molecule has 5 nitrogen and oxygen atoms in total. The van der Waals surface area contributed by atoms with E-state index in [1.807, 2.05) is 12.1 Å². The van der Waals surface area contributed by atoms with Gasteiger partial charge in [0.1, 0.15) is 17.4 Å². The number of ether oxygens (including phenoxy) is 1. The Balaban J connectivity index is 0.00000361. The number of benzene rings is 2. The molecule has 0 N–H and O–H groups in total. The Morgan fingerprint density at radius 3 is 2.06 bits per heavy atom. The largest absolute Gasteiger partial charge is 0.493 e. The Morgan fingerprint density at radius 1 is 0.778 bits per heavy atom. The molecule has 0 saturated carbocycles. The molecule has 0 aliphatic carbocycles. The molecular formula is C28H41ClF2N4O. The smallest absolute Gasteiger partial charge is 0.126 e. The molecule has 0 aromatic heterocycles. The van der Waals surface area contributed by atoms with Gasteiger partial charge in [0.05, 0.1) is 6.61 Å². The molecule has 8 heteroatoms. The quantitative estimate of drug-likeness (QED) is 0.426. The lowest BCUT2D eigenvalue weighted by atomic mass is 10.0. The highest BCUT2D eigenvalue weighted by Gasteiger charge is 2.28. The Morgan fingerprint density at radius 2 is 1.42 bits per heavy atom. The molecule has 2 heterocycles. The Bertz CT molecular complexity index is 901. The van der Waals surface area contributed by atoms with Gasteiger partial charge in [0.25, 0.3) is 0 Å². The second-order valence-electron chi connectivity index (χ2n) is 10.0. The van der Waals surface area contributed by atoms with Crippen LogP contribution >= 0.6 is 12.4 Å². The summed E-state index contributed by atoms with van der Waals surface area (Å²) in [7, 11) is 0. The molecular weight excluding hydrogens is 482 g/mol. The number of halogens is 3. The maximum Gasteiger partial charge on any atom is 0.126 e. The predicted octanol–water partition coefficient (Wildman–Crippen LogP) is 4.54. The fourth-order valence-electron chi connectivity index (χ4n) is 5.16. The first kappa shape index (κ1) is 28.8. The van der Waals surface area contributed by atoms with Crippen LogP contribution in [0.2, 0.25) is 0 Å². The first-order chi connectivity index (χ1) is 17.0. The summed E-state index contributed by atoms with van der Waals surface area (Å²) >= 11 is 0. The zero-order valence-electron chi connectivity index (χ0n) is 21.6. The van der Waals surface area contributed by atoms with Crippen molar-refractivity contribution in [2.75, 3.05) is 72.1 Å². The summed E-state index contributed by atoms with van der Waals surface area (Å²) in [4.78, 5) is 10.2. The lowest BCUT2D eigenvalue weighted by Crippen LogP contribution is -2.53. The highest BCUT2D eigenvalue weighted by Crippen LogP contribution is 2.25. The second kappa shape index (κ2) is 14.2. The summed E-state index contributed by atoms with van der Waals surface area (Å²) in [6, 6.07) is 14.3. The molecule has 1 atom stereocenters. The van der Waals surface area contributed by atoms with Crippen molar-refractivity contribution in [3.63, 3.8) is 0 Å². The minimum absolute atomic E-state index is 0. The van der Waals surface area contributed by atoms with Crippen LogP contribution in [0.15, 0.2) is 48.5 Å². The van der Waals surface area contributed by atoms with Crippen molar-refractivity contribution in [3.05, 3.63) is 65.7 Å². The Hall–Kier alpha value is -1.77. The number of nitrogens with zero attached hydrogens (tertiary/aromatic N) is 4. The molecule has 36 heavy (non-hydrogen) atoms. The van der Waals surface area contributed by atoms with Gasteiger partial charge in [-0.3, -0.25) is 14.7 Å². The van der Waals surface area contributed by atoms with Crippen LogP contribution in [0, 0.1) is 11.6 Å². The van der Waals surface area contributed by atoms with Gasteiger partial charge in [0.2, 0.25) is 0 Å². The Kier molecular flexibility index (Phi) is 11.4. The SMILES string of the molecule is CC(C)N1CCN(C(CN2CCN(CCCOc3cccc(F)c3)CC2)c2ccc(F)cc2)CC1.Cl. The zero-order chi connectivity index (χ0) is 24.6. The standard InChI is InChI=1S/C28H40F2N4O.ClH/c1-23(2)33-16-18-34(19-17-33)28(24-7-9-25(29)10-8-24)22-32-14-12-31(13-15-32)11-4-20-35-27-6-3-5-26(30)21-27;/h3,5-10,21,23,28H,4,11-20,22H2,1-2H3;1H. The molecule has 2 aliphatic heterocycles. The Labute approximate surface area is 221 Å². The summed E-state index contributed by atoms with van der Waals surface area (Å²) in [5.74, 6) is 0.155. The van der Waals surface area contributed by atoms with E-state index in [4.69, 9.17) is 4.74 Å². The van der Waals surface area contributed by atoms with Crippen molar-refractivity contribution < 1.29 is 13.5 Å². The van der Waals surface area contributed by atoms with E-state index < -0.39 is 0 Å². The first-order valence-corrected chi connectivity index (χ1v) is 13.0. The van der Waals surface area contributed by atoms with Gasteiger partial charge in [-0.2, -0.15) is 0 Å². The van der Waals surface area contributed by atoms with E-state index in [1.165, 1.54) is 17.7 Å². The minimum atomic E-state index is -0.264. The van der Waals surface area contributed by atoms with Crippen LogP contribution in [0.25, 0.3) is 0 Å². The zero-order valence-corrected chi connectivity index (χ0v) is 22.4. The predicted molar refractivity (Wildman–Crippen MR) is 144 cm³/mol. The van der Waals surface area contributed by atoms with E-state index in [-0.39, 0.29) is 30.1 Å². The monoisotopic (exact) mass is 522 g/mol. The molecule has 0 amide bonds. The van der Waals surface area contributed by atoms with Crippen LogP contribution in [0.1, 0.15) is 31.9 Å². The molecule has 200 valence electrons. The molecule has 1 unspecified atom stereocenters. The number of hydrogen-bond acceptors (Lipinski definition) is 5. The van der Waals surface area contributed by atoms with Crippen molar-refractivity contribution in [1.29, 1.82) is 0 Å². The molecule has 2 fully saturated rings. The summed E-state index contributed by atoms with van der Waals surface area (Å²) in [5, 5.41) is 0. The maximum absolute atomic E-state index is 13.6. The third-order valence-corrected chi connectivity index (χ3v) is 7.35. The molecule has 2 aromatic rings. The van der Waals surface area contributed by atoms with Gasteiger partial charge in [-0.25, -0.2) is 8.78 Å². The molecule has 2 saturated heterocycles. The highest BCUT2D eigenvalue weighted by atomic mass is 35.5. The van der Waals surface area contributed by atoms with E-state index in [9.17, 15) is 8.78 Å². The number of rotatable bonds is 10. The first-order valence-electron chi connectivity index (χ1n) is 13.0. The molecule has 0 bridgehead atoms. The van der Waals surface area contributed by atoms with Gasteiger partial charge in [0.15, 0.2) is 0 Å². The van der Waals surface area contributed by atoms with Crippen molar-refractivity contribution >= 4 is 12.4 Å². The molecule has 2 aromatic carbocycles. The normalized spacial score (nSPS) is 19.2. The lowest BCUT2D eigenvalue weighted by Gasteiger charge is -2.43. The summed E-state index contributed by atoms with van der Waals surface area (Å²) < 4.78 is 32.6. The van der Waals surface area contributed by atoms with Gasteiger partial charge in [0, 0.05) is 83.6 Å². The fraction of sp³-hybridized carbons (Fsp3) is 0.571. The van der Waals surface area contributed by atoms with Crippen LogP contribution in [-0.4, -0.2) is 97.7 Å². The molecule has 4 rings (SSSR count). The fourth-order valence-corrected chi connectivity index (χ4v) is 5.16. The molecule has 0 spiro atoms. The minimum Gasteiger partial charge on any atom is -0.493 e. The second-order valence-corrected chi connectivity index (χ2v) is 10.0. The van der Waals surface area contributed by atoms with E-state index >= 15 is 0 Å². The molecule has 2 aliphatic rings. The van der Waals surface area contributed by atoms with Crippen LogP contribution in [0.5, 0.6) is 5.75 Å². The summed E-state index contributed by atoms with van der Waals surface area (Å²) in [6.45, 7) is 15.5. The van der Waals surface area contributed by atoms with Gasteiger partial charge >= 0.3 is 0 Å². The van der Waals surface area contributed by atoms with Crippen molar-refractivity contribution in [1.82, 2.24) is 19.6 Å². The molecule has 0 radical (unpaired) electrons. The third-order valence-electron chi connectivity index (χ3n) is 7.35. The van der Waals surface area contributed by atoms with Gasteiger partial charge < -0.3 is 9.64 Å². The highest BCUT2D eigenvalue weighted by molar-refractivity contribution is 5.85.